The minimum absolute atomic E-state index is 0.583. The molecule has 3 rings (SSSR count). The van der Waals surface area contributed by atoms with Crippen LogP contribution in [-0.4, -0.2) is 30.2 Å². The normalized spacial score (nSPS) is 14.9. The van der Waals surface area contributed by atoms with E-state index < -0.39 is 0 Å². The van der Waals surface area contributed by atoms with Gasteiger partial charge in [0.1, 0.15) is 0 Å². The second-order valence-electron chi connectivity index (χ2n) is 4.23. The lowest BCUT2D eigenvalue weighted by Crippen LogP contribution is -2.01. The average Bonchev–Trinajstić information content (AvgIpc) is 3.06. The van der Waals surface area contributed by atoms with Crippen LogP contribution in [0.15, 0.2) is 12.1 Å². The largest absolute Gasteiger partial charge is 0.493 e. The highest BCUT2D eigenvalue weighted by atomic mass is 16.5. The minimum atomic E-state index is 0.583. The second-order valence-corrected chi connectivity index (χ2v) is 4.23. The number of ether oxygens (including phenoxy) is 2. The third kappa shape index (κ3) is 1.88. The second kappa shape index (κ2) is 3.84. The first kappa shape index (κ1) is 10.3. The molecule has 1 saturated carbocycles. The number of H-pyrrole nitrogens is 1. The lowest BCUT2D eigenvalue weighted by molar-refractivity contribution is 0.356. The van der Waals surface area contributed by atoms with Crippen LogP contribution in [0.5, 0.6) is 11.5 Å². The number of fused-ring (bicyclic) bond motifs is 1. The van der Waals surface area contributed by atoms with Gasteiger partial charge in [-0.05, 0) is 12.8 Å². The van der Waals surface area contributed by atoms with E-state index in [0.29, 0.717) is 17.5 Å². The Hall–Kier alpha value is -1.91. The van der Waals surface area contributed by atoms with E-state index in [2.05, 4.69) is 15.3 Å². The summed E-state index contributed by atoms with van der Waals surface area (Å²) in [6.07, 6.45) is 2.45. The van der Waals surface area contributed by atoms with Crippen molar-refractivity contribution in [3.8, 4) is 11.5 Å². The lowest BCUT2D eigenvalue weighted by atomic mass is 10.3. The Kier molecular flexibility index (Phi) is 2.31. The molecular formula is C12H15N3O2. The van der Waals surface area contributed by atoms with Crippen LogP contribution >= 0.6 is 0 Å². The molecule has 1 fully saturated rings. The fourth-order valence-corrected chi connectivity index (χ4v) is 1.83. The molecule has 0 saturated heterocycles. The quantitative estimate of drug-likeness (QED) is 0.849. The van der Waals surface area contributed by atoms with Gasteiger partial charge >= 0.3 is 0 Å². The van der Waals surface area contributed by atoms with Gasteiger partial charge in [0.25, 0.3) is 0 Å². The summed E-state index contributed by atoms with van der Waals surface area (Å²) < 4.78 is 10.5. The monoisotopic (exact) mass is 233 g/mol. The maximum Gasteiger partial charge on any atom is 0.201 e. The van der Waals surface area contributed by atoms with Crippen molar-refractivity contribution in [2.45, 2.75) is 18.9 Å². The van der Waals surface area contributed by atoms with Crippen molar-refractivity contribution in [3.05, 3.63) is 12.1 Å². The number of hydrogen-bond acceptors (Lipinski definition) is 4. The molecule has 0 unspecified atom stereocenters. The number of aromatic amines is 1. The molecule has 17 heavy (non-hydrogen) atoms. The van der Waals surface area contributed by atoms with Gasteiger partial charge in [0.05, 0.1) is 25.3 Å². The predicted octanol–water partition coefficient (Wildman–Crippen LogP) is 2.15. The Labute approximate surface area is 99.1 Å². The zero-order chi connectivity index (χ0) is 11.8. The van der Waals surface area contributed by atoms with Gasteiger partial charge in [0, 0.05) is 18.2 Å². The molecule has 1 aromatic carbocycles. The van der Waals surface area contributed by atoms with Crippen molar-refractivity contribution < 1.29 is 9.47 Å². The highest BCUT2D eigenvalue weighted by molar-refractivity contribution is 5.81. The molecule has 2 aromatic rings. The molecule has 1 aliphatic carbocycles. The van der Waals surface area contributed by atoms with Gasteiger partial charge in [-0.2, -0.15) is 0 Å². The van der Waals surface area contributed by atoms with Crippen molar-refractivity contribution in [2.24, 2.45) is 0 Å². The number of aromatic nitrogens is 2. The zero-order valence-corrected chi connectivity index (χ0v) is 9.91. The molecular weight excluding hydrogens is 218 g/mol. The number of benzene rings is 1. The van der Waals surface area contributed by atoms with Crippen LogP contribution < -0.4 is 14.8 Å². The van der Waals surface area contributed by atoms with E-state index in [1.165, 1.54) is 12.8 Å². The van der Waals surface area contributed by atoms with E-state index in [0.717, 1.165) is 17.0 Å². The van der Waals surface area contributed by atoms with Gasteiger partial charge in [0.15, 0.2) is 11.5 Å². The van der Waals surface area contributed by atoms with Crippen molar-refractivity contribution in [3.63, 3.8) is 0 Å². The number of nitrogens with zero attached hydrogens (tertiary/aromatic N) is 1. The summed E-state index contributed by atoms with van der Waals surface area (Å²) in [6, 6.07) is 4.36. The molecule has 1 aliphatic rings. The van der Waals surface area contributed by atoms with Gasteiger partial charge in [-0.25, -0.2) is 4.98 Å². The van der Waals surface area contributed by atoms with E-state index in [-0.39, 0.29) is 0 Å². The molecule has 1 aromatic heterocycles. The number of imidazole rings is 1. The number of anilines is 1. The summed E-state index contributed by atoms with van der Waals surface area (Å²) in [7, 11) is 3.25. The van der Waals surface area contributed by atoms with E-state index in [9.17, 15) is 0 Å². The van der Waals surface area contributed by atoms with Crippen LogP contribution in [0.2, 0.25) is 0 Å². The molecule has 0 atom stereocenters. The van der Waals surface area contributed by atoms with E-state index >= 15 is 0 Å². The van der Waals surface area contributed by atoms with Crippen molar-refractivity contribution in [2.75, 3.05) is 19.5 Å². The van der Waals surface area contributed by atoms with Crippen LogP contribution in [-0.2, 0) is 0 Å². The Morgan fingerprint density at radius 2 is 1.94 bits per heavy atom. The lowest BCUT2D eigenvalue weighted by Gasteiger charge is -2.06. The average molecular weight is 233 g/mol. The molecule has 0 aliphatic heterocycles. The van der Waals surface area contributed by atoms with E-state index in [1.54, 1.807) is 14.2 Å². The van der Waals surface area contributed by atoms with Crippen molar-refractivity contribution in [1.82, 2.24) is 9.97 Å². The Bertz CT molecular complexity index is 505. The van der Waals surface area contributed by atoms with Gasteiger partial charge in [-0.1, -0.05) is 0 Å². The molecule has 5 nitrogen and oxygen atoms in total. The molecule has 0 amide bonds. The molecule has 0 radical (unpaired) electrons. The summed E-state index contributed by atoms with van der Waals surface area (Å²) in [5, 5.41) is 3.33. The van der Waals surface area contributed by atoms with E-state index in [4.69, 9.17) is 9.47 Å². The van der Waals surface area contributed by atoms with Crippen LogP contribution in [0, 0.1) is 0 Å². The predicted molar refractivity (Wildman–Crippen MR) is 65.8 cm³/mol. The first-order valence-electron chi connectivity index (χ1n) is 5.68. The number of rotatable bonds is 4. The molecule has 1 heterocycles. The molecule has 0 bridgehead atoms. The molecule has 5 heteroatoms. The summed E-state index contributed by atoms with van der Waals surface area (Å²) in [5.41, 5.74) is 1.83. The maximum atomic E-state index is 5.25. The Morgan fingerprint density at radius 3 is 2.59 bits per heavy atom. The van der Waals surface area contributed by atoms with Crippen molar-refractivity contribution >= 4 is 17.0 Å². The summed E-state index contributed by atoms with van der Waals surface area (Å²) in [4.78, 5) is 7.71. The third-order valence-electron chi connectivity index (χ3n) is 2.91. The van der Waals surface area contributed by atoms with Gasteiger partial charge in [-0.15, -0.1) is 0 Å². The van der Waals surface area contributed by atoms with Crippen molar-refractivity contribution in [1.29, 1.82) is 0 Å². The zero-order valence-electron chi connectivity index (χ0n) is 9.91. The maximum absolute atomic E-state index is 5.25. The number of methoxy groups -OCH3 is 2. The SMILES string of the molecule is COc1cc2nc(NC3CC3)[nH]c2cc1OC. The Morgan fingerprint density at radius 1 is 1.24 bits per heavy atom. The van der Waals surface area contributed by atoms with Crippen LogP contribution in [0.3, 0.4) is 0 Å². The summed E-state index contributed by atoms with van der Waals surface area (Å²) in [5.74, 6) is 2.23. The summed E-state index contributed by atoms with van der Waals surface area (Å²) in [6.45, 7) is 0. The van der Waals surface area contributed by atoms with Gasteiger partial charge < -0.3 is 19.8 Å². The van der Waals surface area contributed by atoms with Crippen LogP contribution in [0.4, 0.5) is 5.95 Å². The van der Waals surface area contributed by atoms with Gasteiger partial charge in [0.2, 0.25) is 5.95 Å². The highest BCUT2D eigenvalue weighted by Crippen LogP contribution is 2.32. The topological polar surface area (TPSA) is 59.2 Å². The molecule has 90 valence electrons. The first-order chi connectivity index (χ1) is 8.30. The summed E-state index contributed by atoms with van der Waals surface area (Å²) >= 11 is 0. The smallest absolute Gasteiger partial charge is 0.201 e. The van der Waals surface area contributed by atoms with Gasteiger partial charge in [-0.3, -0.25) is 0 Å². The highest BCUT2D eigenvalue weighted by Gasteiger charge is 2.22. The Balaban J connectivity index is 2.01. The standard InChI is InChI=1S/C12H15N3O2/c1-16-10-5-8-9(6-11(10)17-2)15-12(14-8)13-7-3-4-7/h5-7H,3-4H2,1-2H3,(H2,13,14,15). The molecule has 0 spiro atoms. The third-order valence-corrected chi connectivity index (χ3v) is 2.91. The van der Waals surface area contributed by atoms with Crippen LogP contribution in [0.1, 0.15) is 12.8 Å². The first-order valence-corrected chi connectivity index (χ1v) is 5.68. The molecule has 2 N–H and O–H groups in total. The number of hydrogen-bond donors (Lipinski definition) is 2. The van der Waals surface area contributed by atoms with Crippen LogP contribution in [0.25, 0.3) is 11.0 Å². The number of nitrogens with one attached hydrogen (secondary N) is 2. The fourth-order valence-electron chi connectivity index (χ4n) is 1.83. The fraction of sp³-hybridized carbons (Fsp3) is 0.417. The minimum Gasteiger partial charge on any atom is -0.493 e. The van der Waals surface area contributed by atoms with E-state index in [1.807, 2.05) is 12.1 Å².